The van der Waals surface area contributed by atoms with E-state index in [1.165, 1.54) is 5.57 Å². The molecule has 1 nitrogen and oxygen atoms in total. The summed E-state index contributed by atoms with van der Waals surface area (Å²) in [5.74, 6) is 1.10. The Morgan fingerprint density at radius 3 is 2.67 bits per heavy atom. The molecule has 1 N–H and O–H groups in total. The second kappa shape index (κ2) is 2.53. The second-order valence-electron chi connectivity index (χ2n) is 3.02. The molecule has 0 aliphatic heterocycles. The molecule has 1 heteroatoms. The number of aliphatic hydroxyl groups excluding tert-OH is 1. The lowest BCUT2D eigenvalue weighted by Gasteiger charge is -2.09. The standard InChI is InChI=1S/C8H14O/c1-6-3-7(2)8(4-6)5-9/h3,7-9H,4-5H2,1-2H3. The highest BCUT2D eigenvalue weighted by atomic mass is 16.3. The van der Waals surface area contributed by atoms with Crippen LogP contribution in [0.4, 0.5) is 0 Å². The van der Waals surface area contributed by atoms with Crippen LogP contribution in [-0.2, 0) is 0 Å². The van der Waals surface area contributed by atoms with Crippen LogP contribution in [0.25, 0.3) is 0 Å². The summed E-state index contributed by atoms with van der Waals surface area (Å²) >= 11 is 0. The number of hydrogen-bond acceptors (Lipinski definition) is 1. The van der Waals surface area contributed by atoms with Gasteiger partial charge in [-0.1, -0.05) is 18.6 Å². The zero-order valence-corrected chi connectivity index (χ0v) is 6.09. The Morgan fingerprint density at radius 2 is 2.44 bits per heavy atom. The van der Waals surface area contributed by atoms with Crippen LogP contribution < -0.4 is 0 Å². The van der Waals surface area contributed by atoms with E-state index in [1.54, 1.807) is 0 Å². The van der Waals surface area contributed by atoms with E-state index in [2.05, 4.69) is 19.9 Å². The van der Waals surface area contributed by atoms with Crippen molar-refractivity contribution in [2.24, 2.45) is 11.8 Å². The highest BCUT2D eigenvalue weighted by Crippen LogP contribution is 2.28. The van der Waals surface area contributed by atoms with E-state index in [1.807, 2.05) is 0 Å². The van der Waals surface area contributed by atoms with E-state index in [0.29, 0.717) is 18.4 Å². The zero-order valence-electron chi connectivity index (χ0n) is 6.09. The molecule has 0 fully saturated rings. The lowest BCUT2D eigenvalue weighted by Crippen LogP contribution is -2.08. The van der Waals surface area contributed by atoms with Gasteiger partial charge in [0.2, 0.25) is 0 Å². The lowest BCUT2D eigenvalue weighted by molar-refractivity contribution is 0.208. The predicted octanol–water partition coefficient (Wildman–Crippen LogP) is 1.58. The fourth-order valence-electron chi connectivity index (χ4n) is 1.48. The minimum absolute atomic E-state index is 0.342. The molecule has 0 aromatic rings. The van der Waals surface area contributed by atoms with Crippen molar-refractivity contribution in [3.05, 3.63) is 11.6 Å². The van der Waals surface area contributed by atoms with Crippen LogP contribution in [0.2, 0.25) is 0 Å². The van der Waals surface area contributed by atoms with E-state index in [-0.39, 0.29) is 0 Å². The monoisotopic (exact) mass is 126 g/mol. The second-order valence-corrected chi connectivity index (χ2v) is 3.02. The fourth-order valence-corrected chi connectivity index (χ4v) is 1.48. The van der Waals surface area contributed by atoms with Gasteiger partial charge >= 0.3 is 0 Å². The molecule has 0 saturated carbocycles. The summed E-state index contributed by atoms with van der Waals surface area (Å²) in [5, 5.41) is 8.82. The number of aliphatic hydroxyl groups is 1. The van der Waals surface area contributed by atoms with Crippen molar-refractivity contribution in [2.75, 3.05) is 6.61 Å². The van der Waals surface area contributed by atoms with Crippen LogP contribution in [0, 0.1) is 11.8 Å². The Balaban J connectivity index is 2.49. The predicted molar refractivity (Wildman–Crippen MR) is 38.1 cm³/mol. The molecule has 1 aliphatic carbocycles. The minimum atomic E-state index is 0.342. The molecular weight excluding hydrogens is 112 g/mol. The third-order valence-electron chi connectivity index (χ3n) is 2.11. The maximum absolute atomic E-state index is 8.82. The third-order valence-corrected chi connectivity index (χ3v) is 2.11. The molecule has 0 heterocycles. The van der Waals surface area contributed by atoms with Crippen molar-refractivity contribution in [3.8, 4) is 0 Å². The van der Waals surface area contributed by atoms with Crippen LogP contribution in [0.1, 0.15) is 20.3 Å². The zero-order chi connectivity index (χ0) is 6.85. The SMILES string of the molecule is CC1=CC(C)C(CO)C1. The van der Waals surface area contributed by atoms with Gasteiger partial charge in [-0.3, -0.25) is 0 Å². The highest BCUT2D eigenvalue weighted by molar-refractivity contribution is 5.10. The molecule has 1 aliphatic rings. The van der Waals surface area contributed by atoms with Crippen molar-refractivity contribution in [1.29, 1.82) is 0 Å². The van der Waals surface area contributed by atoms with Crippen LogP contribution in [0.3, 0.4) is 0 Å². The van der Waals surface area contributed by atoms with Gasteiger partial charge in [0, 0.05) is 6.61 Å². The van der Waals surface area contributed by atoms with Crippen molar-refractivity contribution < 1.29 is 5.11 Å². The highest BCUT2D eigenvalue weighted by Gasteiger charge is 2.20. The van der Waals surface area contributed by atoms with E-state index >= 15 is 0 Å². The lowest BCUT2D eigenvalue weighted by atomic mass is 9.98. The van der Waals surface area contributed by atoms with Crippen LogP contribution in [-0.4, -0.2) is 11.7 Å². The molecule has 0 saturated heterocycles. The molecule has 2 unspecified atom stereocenters. The molecule has 0 aromatic heterocycles. The molecule has 1 rings (SSSR count). The Morgan fingerprint density at radius 1 is 1.78 bits per heavy atom. The topological polar surface area (TPSA) is 20.2 Å². The minimum Gasteiger partial charge on any atom is -0.396 e. The van der Waals surface area contributed by atoms with Gasteiger partial charge < -0.3 is 5.11 Å². The molecule has 0 spiro atoms. The smallest absolute Gasteiger partial charge is 0.0467 e. The maximum Gasteiger partial charge on any atom is 0.0467 e. The van der Waals surface area contributed by atoms with Crippen molar-refractivity contribution >= 4 is 0 Å². The Kier molecular flexibility index (Phi) is 1.91. The molecule has 2 atom stereocenters. The molecule has 0 amide bonds. The third kappa shape index (κ3) is 1.33. The van der Waals surface area contributed by atoms with Gasteiger partial charge in [0.05, 0.1) is 0 Å². The number of rotatable bonds is 1. The molecular formula is C8H14O. The summed E-state index contributed by atoms with van der Waals surface area (Å²) in [5.41, 5.74) is 1.43. The van der Waals surface area contributed by atoms with Crippen LogP contribution >= 0.6 is 0 Å². The van der Waals surface area contributed by atoms with Gasteiger partial charge in [-0.25, -0.2) is 0 Å². The Hall–Kier alpha value is -0.300. The number of allylic oxidation sites excluding steroid dienone is 2. The van der Waals surface area contributed by atoms with Crippen molar-refractivity contribution in [3.63, 3.8) is 0 Å². The summed E-state index contributed by atoms with van der Waals surface area (Å²) in [4.78, 5) is 0. The van der Waals surface area contributed by atoms with Gasteiger partial charge in [-0.15, -0.1) is 0 Å². The largest absolute Gasteiger partial charge is 0.396 e. The number of hydrogen-bond donors (Lipinski definition) is 1. The fraction of sp³-hybridized carbons (Fsp3) is 0.750. The summed E-state index contributed by atoms with van der Waals surface area (Å²) in [7, 11) is 0. The van der Waals surface area contributed by atoms with Crippen LogP contribution in [0.15, 0.2) is 11.6 Å². The molecule has 9 heavy (non-hydrogen) atoms. The molecule has 0 radical (unpaired) electrons. The average molecular weight is 126 g/mol. The van der Waals surface area contributed by atoms with Crippen LogP contribution in [0.5, 0.6) is 0 Å². The molecule has 0 bridgehead atoms. The van der Waals surface area contributed by atoms with E-state index in [0.717, 1.165) is 6.42 Å². The summed E-state index contributed by atoms with van der Waals surface area (Å²) in [6.45, 7) is 4.64. The molecule has 0 aromatic carbocycles. The van der Waals surface area contributed by atoms with E-state index in [4.69, 9.17) is 5.11 Å². The van der Waals surface area contributed by atoms with E-state index in [9.17, 15) is 0 Å². The van der Waals surface area contributed by atoms with Gasteiger partial charge in [0.15, 0.2) is 0 Å². The Bertz CT molecular complexity index is 127. The van der Waals surface area contributed by atoms with Gasteiger partial charge in [0.1, 0.15) is 0 Å². The summed E-state index contributed by atoms with van der Waals surface area (Å²) in [6, 6.07) is 0. The van der Waals surface area contributed by atoms with Gasteiger partial charge in [-0.05, 0) is 25.2 Å². The van der Waals surface area contributed by atoms with E-state index < -0.39 is 0 Å². The van der Waals surface area contributed by atoms with Gasteiger partial charge in [-0.2, -0.15) is 0 Å². The average Bonchev–Trinajstić information content (AvgIpc) is 2.10. The molecule has 52 valence electrons. The normalized spacial score (nSPS) is 34.8. The maximum atomic E-state index is 8.82. The quantitative estimate of drug-likeness (QED) is 0.529. The summed E-state index contributed by atoms with van der Waals surface area (Å²) in [6.07, 6.45) is 3.35. The van der Waals surface area contributed by atoms with Crippen molar-refractivity contribution in [1.82, 2.24) is 0 Å². The first-order chi connectivity index (χ1) is 4.24. The first kappa shape index (κ1) is 6.81. The summed E-state index contributed by atoms with van der Waals surface area (Å²) < 4.78 is 0. The van der Waals surface area contributed by atoms with Gasteiger partial charge in [0.25, 0.3) is 0 Å². The Labute approximate surface area is 56.4 Å². The first-order valence-corrected chi connectivity index (χ1v) is 3.52. The first-order valence-electron chi connectivity index (χ1n) is 3.52. The van der Waals surface area contributed by atoms with Crippen molar-refractivity contribution in [2.45, 2.75) is 20.3 Å².